The van der Waals surface area contributed by atoms with Gasteiger partial charge in [0, 0.05) is 31.4 Å². The molecule has 1 aromatic carbocycles. The molecule has 0 aromatic heterocycles. The first-order chi connectivity index (χ1) is 8.70. The highest BCUT2D eigenvalue weighted by atomic mass is 16.2. The third-order valence-electron chi connectivity index (χ3n) is 3.02. The summed E-state index contributed by atoms with van der Waals surface area (Å²) in [6, 6.07) is 6.79. The summed E-state index contributed by atoms with van der Waals surface area (Å²) in [5, 5.41) is 5.38. The Morgan fingerprint density at radius 3 is 2.28 bits per heavy atom. The lowest BCUT2D eigenvalue weighted by Crippen LogP contribution is -2.32. The van der Waals surface area contributed by atoms with Crippen LogP contribution < -0.4 is 10.6 Å². The molecule has 1 heterocycles. The maximum absolute atomic E-state index is 11.8. The average Bonchev–Trinajstić information content (AvgIpc) is 2.92. The minimum Gasteiger partial charge on any atom is -0.355 e. The number of benzene rings is 1. The van der Waals surface area contributed by atoms with Crippen LogP contribution in [0.2, 0.25) is 0 Å². The fourth-order valence-electron chi connectivity index (χ4n) is 1.97. The number of rotatable bonds is 2. The molecule has 2 N–H and O–H groups in total. The zero-order valence-corrected chi connectivity index (χ0v) is 10.4. The number of likely N-dealkylation sites (tertiary alicyclic amines) is 1. The molecule has 5 heteroatoms. The van der Waals surface area contributed by atoms with E-state index in [1.165, 1.54) is 0 Å². The van der Waals surface area contributed by atoms with Gasteiger partial charge in [-0.2, -0.15) is 0 Å². The van der Waals surface area contributed by atoms with Crippen molar-refractivity contribution in [2.45, 2.75) is 12.8 Å². The Balaban J connectivity index is 1.97. The van der Waals surface area contributed by atoms with Crippen molar-refractivity contribution in [3.63, 3.8) is 0 Å². The van der Waals surface area contributed by atoms with Gasteiger partial charge >= 0.3 is 6.03 Å². The van der Waals surface area contributed by atoms with Gasteiger partial charge in [0.15, 0.2) is 0 Å². The molecule has 2 rings (SSSR count). The predicted molar refractivity (Wildman–Crippen MR) is 69.7 cm³/mol. The number of amides is 3. The molecule has 0 saturated carbocycles. The van der Waals surface area contributed by atoms with Crippen LogP contribution in [-0.2, 0) is 0 Å². The lowest BCUT2D eigenvalue weighted by atomic mass is 10.2. The standard InChI is InChI=1S/C13H17N3O2/c1-14-12(17)10-4-6-11(7-5-10)15-13(18)16-8-2-3-9-16/h4-7H,2-3,8-9H2,1H3,(H,14,17)(H,15,18). The second-order valence-corrected chi connectivity index (χ2v) is 4.28. The Morgan fingerprint density at radius 2 is 1.72 bits per heavy atom. The molecule has 1 fully saturated rings. The van der Waals surface area contributed by atoms with Crippen LogP contribution in [0.4, 0.5) is 10.5 Å². The highest BCUT2D eigenvalue weighted by Crippen LogP contribution is 2.13. The summed E-state index contributed by atoms with van der Waals surface area (Å²) in [5.41, 5.74) is 1.29. The van der Waals surface area contributed by atoms with Gasteiger partial charge in [0.05, 0.1) is 0 Å². The van der Waals surface area contributed by atoms with Crippen molar-refractivity contribution >= 4 is 17.6 Å². The van der Waals surface area contributed by atoms with E-state index in [2.05, 4.69) is 10.6 Å². The second kappa shape index (κ2) is 5.53. The fraction of sp³-hybridized carbons (Fsp3) is 0.385. The molecule has 1 saturated heterocycles. The SMILES string of the molecule is CNC(=O)c1ccc(NC(=O)N2CCCC2)cc1. The molecule has 0 spiro atoms. The molecular weight excluding hydrogens is 230 g/mol. The molecule has 96 valence electrons. The number of hydrogen-bond acceptors (Lipinski definition) is 2. The Bertz CT molecular complexity index is 436. The Kier molecular flexibility index (Phi) is 3.82. The van der Waals surface area contributed by atoms with Crippen LogP contribution >= 0.6 is 0 Å². The second-order valence-electron chi connectivity index (χ2n) is 4.28. The molecule has 0 bridgehead atoms. The summed E-state index contributed by atoms with van der Waals surface area (Å²) in [7, 11) is 1.59. The summed E-state index contributed by atoms with van der Waals surface area (Å²) in [5.74, 6) is -0.132. The van der Waals surface area contributed by atoms with Gasteiger partial charge in [0.25, 0.3) is 5.91 Å². The molecule has 18 heavy (non-hydrogen) atoms. The van der Waals surface area contributed by atoms with Gasteiger partial charge in [-0.3, -0.25) is 4.79 Å². The minimum absolute atomic E-state index is 0.0693. The minimum atomic E-state index is -0.132. The van der Waals surface area contributed by atoms with Crippen molar-refractivity contribution in [1.29, 1.82) is 0 Å². The molecule has 1 aliphatic heterocycles. The van der Waals surface area contributed by atoms with Gasteiger partial charge in [-0.05, 0) is 37.1 Å². The molecule has 0 unspecified atom stereocenters. The highest BCUT2D eigenvalue weighted by Gasteiger charge is 2.17. The topological polar surface area (TPSA) is 61.4 Å². The number of anilines is 1. The highest BCUT2D eigenvalue weighted by molar-refractivity contribution is 5.95. The maximum Gasteiger partial charge on any atom is 0.321 e. The number of nitrogens with one attached hydrogen (secondary N) is 2. The normalized spacial score (nSPS) is 14.4. The smallest absolute Gasteiger partial charge is 0.321 e. The third kappa shape index (κ3) is 2.80. The van der Waals surface area contributed by atoms with Crippen LogP contribution in [0, 0.1) is 0 Å². The van der Waals surface area contributed by atoms with Crippen LogP contribution in [0.5, 0.6) is 0 Å². The Morgan fingerprint density at radius 1 is 1.11 bits per heavy atom. The molecule has 1 aliphatic rings. The van der Waals surface area contributed by atoms with Crippen molar-refractivity contribution in [1.82, 2.24) is 10.2 Å². The zero-order chi connectivity index (χ0) is 13.0. The number of hydrogen-bond donors (Lipinski definition) is 2. The van der Waals surface area contributed by atoms with Crippen LogP contribution in [0.15, 0.2) is 24.3 Å². The first-order valence-corrected chi connectivity index (χ1v) is 6.09. The van der Waals surface area contributed by atoms with Crippen LogP contribution in [0.3, 0.4) is 0 Å². The van der Waals surface area contributed by atoms with Crippen molar-refractivity contribution in [3.8, 4) is 0 Å². The van der Waals surface area contributed by atoms with E-state index in [9.17, 15) is 9.59 Å². The van der Waals surface area contributed by atoms with Crippen molar-refractivity contribution < 1.29 is 9.59 Å². The van der Waals surface area contributed by atoms with E-state index in [0.717, 1.165) is 25.9 Å². The number of urea groups is 1. The summed E-state index contributed by atoms with van der Waals surface area (Å²) in [4.78, 5) is 25.0. The average molecular weight is 247 g/mol. The van der Waals surface area contributed by atoms with Crippen LogP contribution in [-0.4, -0.2) is 37.0 Å². The number of nitrogens with zero attached hydrogens (tertiary/aromatic N) is 1. The first-order valence-electron chi connectivity index (χ1n) is 6.09. The molecule has 0 radical (unpaired) electrons. The van der Waals surface area contributed by atoms with Crippen molar-refractivity contribution in [2.75, 3.05) is 25.5 Å². The molecule has 1 aromatic rings. The zero-order valence-electron chi connectivity index (χ0n) is 10.4. The monoisotopic (exact) mass is 247 g/mol. The van der Waals surface area contributed by atoms with E-state index in [1.807, 2.05) is 0 Å². The van der Waals surface area contributed by atoms with E-state index in [-0.39, 0.29) is 11.9 Å². The van der Waals surface area contributed by atoms with E-state index >= 15 is 0 Å². The lowest BCUT2D eigenvalue weighted by Gasteiger charge is -2.16. The molecule has 0 atom stereocenters. The first kappa shape index (κ1) is 12.4. The number of carbonyl (C=O) groups is 2. The number of carbonyl (C=O) groups excluding carboxylic acids is 2. The summed E-state index contributed by atoms with van der Waals surface area (Å²) in [6.45, 7) is 1.64. The predicted octanol–water partition coefficient (Wildman–Crippen LogP) is 1.67. The van der Waals surface area contributed by atoms with Gasteiger partial charge in [0.1, 0.15) is 0 Å². The van der Waals surface area contributed by atoms with E-state index in [0.29, 0.717) is 11.3 Å². The van der Waals surface area contributed by atoms with Gasteiger partial charge in [-0.1, -0.05) is 0 Å². The summed E-state index contributed by atoms with van der Waals surface area (Å²) < 4.78 is 0. The largest absolute Gasteiger partial charge is 0.355 e. The lowest BCUT2D eigenvalue weighted by molar-refractivity contribution is 0.0963. The quantitative estimate of drug-likeness (QED) is 0.835. The molecule has 0 aliphatic carbocycles. The van der Waals surface area contributed by atoms with Crippen molar-refractivity contribution in [2.24, 2.45) is 0 Å². The van der Waals surface area contributed by atoms with E-state index < -0.39 is 0 Å². The molecular formula is C13H17N3O2. The van der Waals surface area contributed by atoms with E-state index in [1.54, 1.807) is 36.2 Å². The maximum atomic E-state index is 11.8. The van der Waals surface area contributed by atoms with Crippen molar-refractivity contribution in [3.05, 3.63) is 29.8 Å². The van der Waals surface area contributed by atoms with Gasteiger partial charge in [-0.25, -0.2) is 4.79 Å². The van der Waals surface area contributed by atoms with Crippen LogP contribution in [0.1, 0.15) is 23.2 Å². The third-order valence-corrected chi connectivity index (χ3v) is 3.02. The Hall–Kier alpha value is -2.04. The van der Waals surface area contributed by atoms with Gasteiger partial charge in [0.2, 0.25) is 0 Å². The molecule has 5 nitrogen and oxygen atoms in total. The Labute approximate surface area is 106 Å². The fourth-order valence-corrected chi connectivity index (χ4v) is 1.97. The van der Waals surface area contributed by atoms with Crippen LogP contribution in [0.25, 0.3) is 0 Å². The van der Waals surface area contributed by atoms with Gasteiger partial charge < -0.3 is 15.5 Å². The summed E-state index contributed by atoms with van der Waals surface area (Å²) >= 11 is 0. The summed E-state index contributed by atoms with van der Waals surface area (Å²) in [6.07, 6.45) is 2.14. The van der Waals surface area contributed by atoms with Gasteiger partial charge in [-0.15, -0.1) is 0 Å². The molecule has 3 amide bonds. The van der Waals surface area contributed by atoms with E-state index in [4.69, 9.17) is 0 Å².